The molecule has 0 amide bonds. The Kier molecular flexibility index (Phi) is 5.58. The third-order valence-corrected chi connectivity index (χ3v) is 4.51. The topological polar surface area (TPSA) is 55.8 Å². The molecule has 0 radical (unpaired) electrons. The van der Waals surface area contributed by atoms with Gasteiger partial charge in [-0.2, -0.15) is 0 Å². The molecule has 3 aromatic rings. The van der Waals surface area contributed by atoms with Crippen LogP contribution in [0.4, 0.5) is 0 Å². The number of ether oxygens (including phenoxy) is 2. The molecule has 0 bridgehead atoms. The van der Waals surface area contributed by atoms with Crippen molar-refractivity contribution in [1.82, 2.24) is 0 Å². The average Bonchev–Trinajstić information content (AvgIpc) is 2.65. The summed E-state index contributed by atoms with van der Waals surface area (Å²) in [6.07, 6.45) is 2.59. The van der Waals surface area contributed by atoms with E-state index in [-0.39, 0.29) is 0 Å². The fraction of sp³-hybridized carbons (Fsp3) is 0.0952. The summed E-state index contributed by atoms with van der Waals surface area (Å²) in [5.74, 6) is 0.105. The van der Waals surface area contributed by atoms with Crippen LogP contribution in [0.1, 0.15) is 11.1 Å². The Bertz CT molecular complexity index is 974. The van der Waals surface area contributed by atoms with Gasteiger partial charge in [-0.25, -0.2) is 4.79 Å². The molecule has 4 nitrogen and oxygen atoms in total. The van der Waals surface area contributed by atoms with Crippen LogP contribution in [0.5, 0.6) is 11.5 Å². The standard InChI is InChI=1S/C21H17BrO4/c1-25-19-12-14(9-10-20(23)24)11-18(22)21(19)26-13-16-7-4-6-15-5-2-3-8-17(15)16/h2-12H,13H2,1H3,(H,23,24)/b10-9+. The number of rotatable bonds is 6. The summed E-state index contributed by atoms with van der Waals surface area (Å²) in [6, 6.07) is 17.8. The zero-order chi connectivity index (χ0) is 18.5. The van der Waals surface area contributed by atoms with Crippen LogP contribution < -0.4 is 9.47 Å². The molecule has 0 saturated heterocycles. The lowest BCUT2D eigenvalue weighted by molar-refractivity contribution is -0.131. The molecule has 0 aliphatic carbocycles. The van der Waals surface area contributed by atoms with Crippen LogP contribution in [0.15, 0.2) is 65.1 Å². The molecule has 5 heteroatoms. The highest BCUT2D eigenvalue weighted by atomic mass is 79.9. The second kappa shape index (κ2) is 8.06. The van der Waals surface area contributed by atoms with Crippen molar-refractivity contribution in [3.63, 3.8) is 0 Å². The quantitative estimate of drug-likeness (QED) is 0.558. The van der Waals surface area contributed by atoms with Crippen LogP contribution in [0, 0.1) is 0 Å². The van der Waals surface area contributed by atoms with Gasteiger partial charge in [0, 0.05) is 6.08 Å². The number of hydrogen-bond donors (Lipinski definition) is 1. The number of fused-ring (bicyclic) bond motifs is 1. The van der Waals surface area contributed by atoms with Crippen LogP contribution in [-0.2, 0) is 11.4 Å². The maximum absolute atomic E-state index is 10.7. The summed E-state index contributed by atoms with van der Waals surface area (Å²) < 4.78 is 12.1. The van der Waals surface area contributed by atoms with E-state index in [1.807, 2.05) is 24.3 Å². The lowest BCUT2D eigenvalue weighted by Crippen LogP contribution is -2.00. The minimum absolute atomic E-state index is 0.390. The molecule has 0 atom stereocenters. The Hall–Kier alpha value is -2.79. The second-order valence-electron chi connectivity index (χ2n) is 5.63. The molecular weight excluding hydrogens is 396 g/mol. The van der Waals surface area contributed by atoms with E-state index in [0.717, 1.165) is 22.4 Å². The van der Waals surface area contributed by atoms with Crippen molar-refractivity contribution >= 4 is 38.7 Å². The fourth-order valence-electron chi connectivity index (χ4n) is 2.71. The molecule has 26 heavy (non-hydrogen) atoms. The van der Waals surface area contributed by atoms with Crippen molar-refractivity contribution in [1.29, 1.82) is 0 Å². The minimum Gasteiger partial charge on any atom is -0.493 e. The molecule has 0 heterocycles. The highest BCUT2D eigenvalue weighted by Crippen LogP contribution is 2.37. The molecule has 0 spiro atoms. The third kappa shape index (κ3) is 4.06. The van der Waals surface area contributed by atoms with Gasteiger partial charge in [0.1, 0.15) is 6.61 Å². The van der Waals surface area contributed by atoms with E-state index >= 15 is 0 Å². The molecule has 0 unspecified atom stereocenters. The van der Waals surface area contributed by atoms with Crippen LogP contribution in [0.2, 0.25) is 0 Å². The molecular formula is C21H17BrO4. The lowest BCUT2D eigenvalue weighted by Gasteiger charge is -2.14. The largest absolute Gasteiger partial charge is 0.493 e. The van der Waals surface area contributed by atoms with Crippen LogP contribution in [-0.4, -0.2) is 18.2 Å². The molecule has 0 aromatic heterocycles. The summed E-state index contributed by atoms with van der Waals surface area (Å²) in [7, 11) is 1.55. The molecule has 3 rings (SSSR count). The number of benzene rings is 3. The van der Waals surface area contributed by atoms with Gasteiger partial charge in [0.05, 0.1) is 11.6 Å². The second-order valence-corrected chi connectivity index (χ2v) is 6.49. The van der Waals surface area contributed by atoms with Crippen molar-refractivity contribution in [2.45, 2.75) is 6.61 Å². The molecule has 0 saturated carbocycles. The first-order chi connectivity index (χ1) is 12.6. The predicted octanol–water partition coefficient (Wildman–Crippen LogP) is 5.29. The number of methoxy groups -OCH3 is 1. The van der Waals surface area contributed by atoms with Crippen LogP contribution in [0.3, 0.4) is 0 Å². The Balaban J connectivity index is 1.88. The van der Waals surface area contributed by atoms with Gasteiger partial charge in [0.2, 0.25) is 0 Å². The number of hydrogen-bond acceptors (Lipinski definition) is 3. The van der Waals surface area contributed by atoms with Crippen molar-refractivity contribution in [2.24, 2.45) is 0 Å². The fourth-order valence-corrected chi connectivity index (χ4v) is 3.29. The zero-order valence-electron chi connectivity index (χ0n) is 14.1. The molecule has 3 aromatic carbocycles. The summed E-state index contributed by atoms with van der Waals surface area (Å²) >= 11 is 3.48. The van der Waals surface area contributed by atoms with Gasteiger partial charge in [0.15, 0.2) is 11.5 Å². The lowest BCUT2D eigenvalue weighted by atomic mass is 10.1. The van der Waals surface area contributed by atoms with Gasteiger partial charge in [-0.1, -0.05) is 42.5 Å². The summed E-state index contributed by atoms with van der Waals surface area (Å²) in [6.45, 7) is 0.390. The van der Waals surface area contributed by atoms with Gasteiger partial charge < -0.3 is 14.6 Å². The molecule has 1 N–H and O–H groups in total. The molecule has 0 fully saturated rings. The Morgan fingerprint density at radius 3 is 2.69 bits per heavy atom. The predicted molar refractivity (Wildman–Crippen MR) is 106 cm³/mol. The third-order valence-electron chi connectivity index (χ3n) is 3.92. The molecule has 0 aliphatic rings. The maximum atomic E-state index is 10.7. The normalized spacial score (nSPS) is 11.0. The van der Waals surface area contributed by atoms with E-state index in [2.05, 4.69) is 34.1 Å². The summed E-state index contributed by atoms with van der Waals surface area (Å²) in [4.78, 5) is 10.7. The van der Waals surface area contributed by atoms with Gasteiger partial charge >= 0.3 is 5.97 Å². The van der Waals surface area contributed by atoms with E-state index in [4.69, 9.17) is 14.6 Å². The zero-order valence-corrected chi connectivity index (χ0v) is 15.7. The number of carboxylic acid groups (broad SMARTS) is 1. The molecule has 0 aliphatic heterocycles. The highest BCUT2D eigenvalue weighted by Gasteiger charge is 2.12. The van der Waals surface area contributed by atoms with E-state index < -0.39 is 5.97 Å². The number of carbonyl (C=O) groups is 1. The first kappa shape index (κ1) is 18.0. The first-order valence-corrected chi connectivity index (χ1v) is 8.76. The van der Waals surface area contributed by atoms with Crippen molar-refractivity contribution in [3.05, 3.63) is 76.3 Å². The van der Waals surface area contributed by atoms with Crippen LogP contribution >= 0.6 is 15.9 Å². The monoisotopic (exact) mass is 412 g/mol. The minimum atomic E-state index is -1.00. The number of aliphatic carboxylic acids is 1. The van der Waals surface area contributed by atoms with Gasteiger partial charge in [-0.15, -0.1) is 0 Å². The smallest absolute Gasteiger partial charge is 0.328 e. The van der Waals surface area contributed by atoms with Crippen molar-refractivity contribution < 1.29 is 19.4 Å². The van der Waals surface area contributed by atoms with Gasteiger partial charge in [-0.3, -0.25) is 0 Å². The van der Waals surface area contributed by atoms with E-state index in [1.165, 1.54) is 6.08 Å². The van der Waals surface area contributed by atoms with Gasteiger partial charge in [-0.05, 0) is 56.0 Å². The number of carboxylic acids is 1. The molecule has 132 valence electrons. The highest BCUT2D eigenvalue weighted by molar-refractivity contribution is 9.10. The van der Waals surface area contributed by atoms with Gasteiger partial charge in [0.25, 0.3) is 0 Å². The van der Waals surface area contributed by atoms with E-state index in [9.17, 15) is 4.79 Å². The van der Waals surface area contributed by atoms with E-state index in [1.54, 1.807) is 19.2 Å². The van der Waals surface area contributed by atoms with E-state index in [0.29, 0.717) is 28.1 Å². The number of halogens is 1. The Morgan fingerprint density at radius 1 is 1.15 bits per heavy atom. The Morgan fingerprint density at radius 2 is 1.92 bits per heavy atom. The summed E-state index contributed by atoms with van der Waals surface area (Å²) in [5, 5.41) is 11.1. The first-order valence-electron chi connectivity index (χ1n) is 7.96. The van der Waals surface area contributed by atoms with Crippen molar-refractivity contribution in [2.75, 3.05) is 7.11 Å². The van der Waals surface area contributed by atoms with Crippen LogP contribution in [0.25, 0.3) is 16.8 Å². The SMILES string of the molecule is COc1cc(/C=C/C(=O)O)cc(Br)c1OCc1cccc2ccccc12. The Labute approximate surface area is 159 Å². The van der Waals surface area contributed by atoms with Crippen molar-refractivity contribution in [3.8, 4) is 11.5 Å². The maximum Gasteiger partial charge on any atom is 0.328 e. The summed E-state index contributed by atoms with van der Waals surface area (Å²) in [5.41, 5.74) is 1.78. The average molecular weight is 413 g/mol.